The van der Waals surface area contributed by atoms with Crippen molar-refractivity contribution >= 4 is 20.2 Å². The second kappa shape index (κ2) is 4.94. The number of hydrogen-bond donors (Lipinski definition) is 2. The molecule has 2 N–H and O–H groups in total. The predicted molar refractivity (Wildman–Crippen MR) is 69.3 cm³/mol. The predicted octanol–water partition coefficient (Wildman–Crippen LogP) is 1.24. The third-order valence-electron chi connectivity index (χ3n) is 2.49. The van der Waals surface area contributed by atoms with E-state index >= 15 is 0 Å². The SMILES string of the molecule is O=S(=O)(O)c1cc(-c2ccncc2)cc(S(=O)(=O)O)c1. The van der Waals surface area contributed by atoms with Crippen LogP contribution in [0.3, 0.4) is 0 Å². The maximum Gasteiger partial charge on any atom is 0.294 e. The lowest BCUT2D eigenvalue weighted by Crippen LogP contribution is -2.04. The zero-order valence-electron chi connectivity index (χ0n) is 9.83. The highest BCUT2D eigenvalue weighted by Gasteiger charge is 2.18. The molecule has 0 unspecified atom stereocenters. The van der Waals surface area contributed by atoms with Crippen LogP contribution in [0, 0.1) is 0 Å². The number of hydrogen-bond acceptors (Lipinski definition) is 5. The lowest BCUT2D eigenvalue weighted by atomic mass is 10.1. The van der Waals surface area contributed by atoms with Gasteiger partial charge in [0.05, 0.1) is 9.79 Å². The summed E-state index contributed by atoms with van der Waals surface area (Å²) in [6, 6.07) is 5.92. The van der Waals surface area contributed by atoms with Gasteiger partial charge in [-0.05, 0) is 41.5 Å². The summed E-state index contributed by atoms with van der Waals surface area (Å²) in [6.07, 6.45) is 2.87. The molecule has 1 aromatic carbocycles. The first-order valence-corrected chi connectivity index (χ1v) is 8.06. The minimum absolute atomic E-state index is 0.204. The molecule has 0 bridgehead atoms. The van der Waals surface area contributed by atoms with Gasteiger partial charge >= 0.3 is 0 Å². The molecule has 106 valence electrons. The van der Waals surface area contributed by atoms with Crippen molar-refractivity contribution in [2.75, 3.05) is 0 Å². The average molecular weight is 315 g/mol. The van der Waals surface area contributed by atoms with Crippen LogP contribution in [0.15, 0.2) is 52.5 Å². The van der Waals surface area contributed by atoms with Crippen LogP contribution in [-0.4, -0.2) is 30.9 Å². The van der Waals surface area contributed by atoms with E-state index in [0.717, 1.165) is 12.1 Å². The number of rotatable bonds is 3. The van der Waals surface area contributed by atoms with E-state index < -0.39 is 30.0 Å². The van der Waals surface area contributed by atoms with E-state index in [1.54, 1.807) is 0 Å². The zero-order valence-corrected chi connectivity index (χ0v) is 11.5. The molecule has 2 aromatic rings. The van der Waals surface area contributed by atoms with Crippen molar-refractivity contribution in [1.29, 1.82) is 0 Å². The minimum Gasteiger partial charge on any atom is -0.282 e. The molecule has 1 heterocycles. The molecule has 0 aliphatic carbocycles. The van der Waals surface area contributed by atoms with Crippen molar-refractivity contribution in [1.82, 2.24) is 4.98 Å². The number of pyridine rings is 1. The molecule has 0 atom stereocenters. The number of nitrogens with zero attached hydrogens (tertiary/aromatic N) is 1. The zero-order chi connectivity index (χ0) is 15.0. The molecule has 7 nitrogen and oxygen atoms in total. The van der Waals surface area contributed by atoms with E-state index in [1.807, 2.05) is 0 Å². The Hall–Kier alpha value is -1.81. The van der Waals surface area contributed by atoms with Crippen molar-refractivity contribution < 1.29 is 25.9 Å². The summed E-state index contributed by atoms with van der Waals surface area (Å²) in [7, 11) is -9.21. The van der Waals surface area contributed by atoms with Crippen LogP contribution < -0.4 is 0 Å². The fourth-order valence-electron chi connectivity index (χ4n) is 1.58. The first-order chi connectivity index (χ1) is 9.18. The van der Waals surface area contributed by atoms with Crippen molar-refractivity contribution in [2.45, 2.75) is 9.79 Å². The van der Waals surface area contributed by atoms with Crippen LogP contribution in [0.5, 0.6) is 0 Å². The Balaban J connectivity index is 2.77. The van der Waals surface area contributed by atoms with E-state index in [-0.39, 0.29) is 5.56 Å². The maximum absolute atomic E-state index is 11.2. The molecule has 0 spiro atoms. The molecule has 0 amide bonds. The fraction of sp³-hybridized carbons (Fsp3) is 0. The fourth-order valence-corrected chi connectivity index (χ4v) is 2.76. The van der Waals surface area contributed by atoms with Crippen LogP contribution in [0.1, 0.15) is 0 Å². The molecule has 0 aliphatic rings. The third-order valence-corrected chi connectivity index (χ3v) is 4.15. The van der Waals surface area contributed by atoms with Crippen LogP contribution in [-0.2, 0) is 20.2 Å². The van der Waals surface area contributed by atoms with Crippen molar-refractivity contribution in [3.63, 3.8) is 0 Å². The van der Waals surface area contributed by atoms with Gasteiger partial charge in [-0.2, -0.15) is 16.8 Å². The summed E-state index contributed by atoms with van der Waals surface area (Å²) in [5, 5.41) is 0. The van der Waals surface area contributed by atoms with Gasteiger partial charge in [0.1, 0.15) is 0 Å². The van der Waals surface area contributed by atoms with Crippen LogP contribution in [0.25, 0.3) is 11.1 Å². The molecule has 0 aliphatic heterocycles. The Morgan fingerprint density at radius 3 is 1.60 bits per heavy atom. The summed E-state index contributed by atoms with van der Waals surface area (Å²) in [5.41, 5.74) is 0.686. The van der Waals surface area contributed by atoms with Crippen LogP contribution in [0.2, 0.25) is 0 Å². The number of aromatic nitrogens is 1. The molecule has 9 heteroatoms. The Labute approximate surface area is 115 Å². The van der Waals surface area contributed by atoms with Gasteiger partial charge in [-0.15, -0.1) is 0 Å². The maximum atomic E-state index is 11.2. The Morgan fingerprint density at radius 2 is 1.20 bits per heavy atom. The van der Waals surface area contributed by atoms with Gasteiger partial charge in [-0.1, -0.05) is 0 Å². The highest BCUT2D eigenvalue weighted by Crippen LogP contribution is 2.26. The minimum atomic E-state index is -4.61. The monoisotopic (exact) mass is 315 g/mol. The molecule has 0 saturated carbocycles. The van der Waals surface area contributed by atoms with Gasteiger partial charge in [0.25, 0.3) is 20.2 Å². The number of benzene rings is 1. The standard InChI is InChI=1S/C11H9NO6S2/c13-19(14,15)10-5-9(8-1-3-12-4-2-8)6-11(7-10)20(16,17)18/h1-7H,(H,13,14,15)(H,16,17,18). The Bertz CT molecular complexity index is 793. The van der Waals surface area contributed by atoms with Crippen LogP contribution in [0.4, 0.5) is 0 Å². The quantitative estimate of drug-likeness (QED) is 0.817. The summed E-state index contributed by atoms with van der Waals surface area (Å²) in [5.74, 6) is 0. The summed E-state index contributed by atoms with van der Waals surface area (Å²) < 4.78 is 62.7. The van der Waals surface area contributed by atoms with Crippen molar-refractivity contribution in [3.05, 3.63) is 42.7 Å². The second-order valence-corrected chi connectivity index (χ2v) is 6.72. The van der Waals surface area contributed by atoms with Gasteiger partial charge < -0.3 is 0 Å². The van der Waals surface area contributed by atoms with Crippen LogP contribution >= 0.6 is 0 Å². The van der Waals surface area contributed by atoms with Gasteiger partial charge in [-0.3, -0.25) is 14.1 Å². The molecular formula is C11H9NO6S2. The Kier molecular flexibility index (Phi) is 3.61. The molecule has 1 aromatic heterocycles. The molecule has 0 saturated heterocycles. The Morgan fingerprint density at radius 1 is 0.750 bits per heavy atom. The molecule has 20 heavy (non-hydrogen) atoms. The van der Waals surface area contributed by atoms with Crippen molar-refractivity contribution in [2.24, 2.45) is 0 Å². The second-order valence-electron chi connectivity index (χ2n) is 3.88. The highest BCUT2D eigenvalue weighted by atomic mass is 32.2. The van der Waals surface area contributed by atoms with E-state index in [0.29, 0.717) is 11.6 Å². The van der Waals surface area contributed by atoms with E-state index in [2.05, 4.69) is 4.98 Å². The smallest absolute Gasteiger partial charge is 0.282 e. The normalized spacial score (nSPS) is 12.3. The lowest BCUT2D eigenvalue weighted by Gasteiger charge is -2.06. The summed E-state index contributed by atoms with van der Waals surface area (Å²) in [6.45, 7) is 0. The lowest BCUT2D eigenvalue weighted by molar-refractivity contribution is 0.481. The van der Waals surface area contributed by atoms with E-state index in [1.165, 1.54) is 24.5 Å². The van der Waals surface area contributed by atoms with Gasteiger partial charge in [-0.25, -0.2) is 0 Å². The molecule has 0 fully saturated rings. The van der Waals surface area contributed by atoms with Gasteiger partial charge in [0.15, 0.2) is 0 Å². The summed E-state index contributed by atoms with van der Waals surface area (Å²) in [4.78, 5) is 2.53. The van der Waals surface area contributed by atoms with Crippen molar-refractivity contribution in [3.8, 4) is 11.1 Å². The third kappa shape index (κ3) is 3.20. The van der Waals surface area contributed by atoms with E-state index in [4.69, 9.17) is 9.11 Å². The molecule has 0 radical (unpaired) electrons. The first-order valence-electron chi connectivity index (χ1n) is 5.18. The summed E-state index contributed by atoms with van der Waals surface area (Å²) >= 11 is 0. The average Bonchev–Trinajstić information content (AvgIpc) is 2.37. The first kappa shape index (κ1) is 14.6. The van der Waals surface area contributed by atoms with Gasteiger partial charge in [0.2, 0.25) is 0 Å². The van der Waals surface area contributed by atoms with E-state index in [9.17, 15) is 16.8 Å². The molecule has 2 rings (SSSR count). The largest absolute Gasteiger partial charge is 0.294 e. The topological polar surface area (TPSA) is 122 Å². The van der Waals surface area contributed by atoms with Gasteiger partial charge in [0, 0.05) is 12.4 Å². The molecular weight excluding hydrogens is 306 g/mol. The highest BCUT2D eigenvalue weighted by molar-refractivity contribution is 7.86.